The minimum absolute atomic E-state index is 0.144. The zero-order chi connectivity index (χ0) is 11.1. The molecule has 2 saturated heterocycles. The number of rotatable bonds is 1. The van der Waals surface area contributed by atoms with E-state index in [0.29, 0.717) is 0 Å². The van der Waals surface area contributed by atoms with Gasteiger partial charge in [0.1, 0.15) is 5.92 Å². The third-order valence-corrected chi connectivity index (χ3v) is 3.44. The Morgan fingerprint density at radius 1 is 1.47 bits per heavy atom. The molecule has 2 aliphatic rings. The number of esters is 1. The molecule has 2 fully saturated rings. The Kier molecular flexibility index (Phi) is 2.73. The Hall–Kier alpha value is -0.610. The quantitative estimate of drug-likeness (QED) is 0.616. The first-order valence-corrected chi connectivity index (χ1v) is 5.60. The predicted octanol–water partition coefficient (Wildman–Crippen LogP) is 1.35. The molecule has 0 amide bonds. The fourth-order valence-electron chi connectivity index (χ4n) is 2.77. The van der Waals surface area contributed by atoms with E-state index in [2.05, 4.69) is 0 Å². The third-order valence-electron chi connectivity index (χ3n) is 3.44. The number of hydroxylamine groups is 2. The molecule has 4 nitrogen and oxygen atoms in total. The topological polar surface area (TPSA) is 38.8 Å². The lowest BCUT2D eigenvalue weighted by molar-refractivity contribution is -0.202. The van der Waals surface area contributed by atoms with Gasteiger partial charge < -0.3 is 4.74 Å². The molecule has 15 heavy (non-hydrogen) atoms. The molecule has 0 aromatic carbocycles. The van der Waals surface area contributed by atoms with Crippen LogP contribution >= 0.6 is 0 Å². The highest BCUT2D eigenvalue weighted by Crippen LogP contribution is 2.41. The lowest BCUT2D eigenvalue weighted by Gasteiger charge is -2.28. The van der Waals surface area contributed by atoms with Gasteiger partial charge in [0, 0.05) is 6.54 Å². The largest absolute Gasteiger partial charge is 0.469 e. The van der Waals surface area contributed by atoms with Gasteiger partial charge in [0.2, 0.25) is 0 Å². The molecule has 0 spiro atoms. The Labute approximate surface area is 90.5 Å². The summed E-state index contributed by atoms with van der Waals surface area (Å²) in [6, 6.07) is 0.209. The van der Waals surface area contributed by atoms with Crippen molar-refractivity contribution in [1.29, 1.82) is 0 Å². The monoisotopic (exact) mass is 213 g/mol. The van der Waals surface area contributed by atoms with Crippen molar-refractivity contribution in [2.24, 2.45) is 5.92 Å². The van der Waals surface area contributed by atoms with Gasteiger partial charge in [0.15, 0.2) is 0 Å². The van der Waals surface area contributed by atoms with Gasteiger partial charge in [0.25, 0.3) is 0 Å². The summed E-state index contributed by atoms with van der Waals surface area (Å²) in [7, 11) is 1.45. The average molecular weight is 213 g/mol. The minimum Gasteiger partial charge on any atom is -0.469 e. The lowest BCUT2D eigenvalue weighted by Crippen LogP contribution is -2.41. The summed E-state index contributed by atoms with van der Waals surface area (Å²) in [4.78, 5) is 17.6. The second kappa shape index (κ2) is 3.76. The van der Waals surface area contributed by atoms with Crippen LogP contribution < -0.4 is 0 Å². The van der Waals surface area contributed by atoms with Gasteiger partial charge in [-0.3, -0.25) is 9.63 Å². The van der Waals surface area contributed by atoms with Gasteiger partial charge >= 0.3 is 5.97 Å². The van der Waals surface area contributed by atoms with E-state index in [1.165, 1.54) is 13.5 Å². The molecule has 2 aliphatic heterocycles. The van der Waals surface area contributed by atoms with Gasteiger partial charge in [-0.05, 0) is 26.7 Å². The average Bonchev–Trinajstić information content (AvgIpc) is 2.46. The molecule has 2 rings (SSSR count). The second-order valence-corrected chi connectivity index (χ2v) is 4.90. The van der Waals surface area contributed by atoms with Crippen LogP contribution in [0.1, 0.15) is 33.1 Å². The standard InChI is InChI=1S/C11H19NO3/c1-11(2)9(10(13)14-3)8-6-4-5-7-12(8)15-11/h8-9H,4-7H2,1-3H3/t8-,9-/m1/s1. The molecule has 86 valence electrons. The van der Waals surface area contributed by atoms with Crippen molar-refractivity contribution in [1.82, 2.24) is 5.06 Å². The van der Waals surface area contributed by atoms with Crippen LogP contribution in [0.5, 0.6) is 0 Å². The van der Waals surface area contributed by atoms with Crippen molar-refractivity contribution in [2.45, 2.75) is 44.8 Å². The zero-order valence-electron chi connectivity index (χ0n) is 9.66. The molecule has 0 aromatic heterocycles. The fourth-order valence-corrected chi connectivity index (χ4v) is 2.77. The lowest BCUT2D eigenvalue weighted by atomic mass is 9.82. The molecule has 2 heterocycles. The Morgan fingerprint density at radius 2 is 2.20 bits per heavy atom. The van der Waals surface area contributed by atoms with E-state index in [1.54, 1.807) is 0 Å². The minimum atomic E-state index is -0.428. The summed E-state index contributed by atoms with van der Waals surface area (Å²) in [5, 5.41) is 1.98. The molecule has 0 N–H and O–H groups in total. The summed E-state index contributed by atoms with van der Waals surface area (Å²) in [5.74, 6) is -0.294. The van der Waals surface area contributed by atoms with E-state index in [9.17, 15) is 4.79 Å². The summed E-state index contributed by atoms with van der Waals surface area (Å²) in [5.41, 5.74) is -0.428. The number of hydrogen-bond acceptors (Lipinski definition) is 4. The molecule has 0 radical (unpaired) electrons. The fraction of sp³-hybridized carbons (Fsp3) is 0.909. The maximum absolute atomic E-state index is 11.8. The SMILES string of the molecule is COC(=O)[C@H]1[C@H]2CCCCN2OC1(C)C. The summed E-state index contributed by atoms with van der Waals surface area (Å²) >= 11 is 0. The van der Waals surface area contributed by atoms with E-state index in [4.69, 9.17) is 9.57 Å². The summed E-state index contributed by atoms with van der Waals surface area (Å²) in [6.07, 6.45) is 3.36. The van der Waals surface area contributed by atoms with Gasteiger partial charge in [-0.15, -0.1) is 0 Å². The van der Waals surface area contributed by atoms with Gasteiger partial charge in [-0.2, -0.15) is 5.06 Å². The zero-order valence-corrected chi connectivity index (χ0v) is 9.66. The van der Waals surface area contributed by atoms with E-state index >= 15 is 0 Å². The highest BCUT2D eigenvalue weighted by molar-refractivity contribution is 5.75. The van der Waals surface area contributed by atoms with E-state index in [0.717, 1.165) is 19.4 Å². The summed E-state index contributed by atoms with van der Waals surface area (Å²) < 4.78 is 4.87. The number of fused-ring (bicyclic) bond motifs is 1. The van der Waals surface area contributed by atoms with Crippen molar-refractivity contribution in [3.05, 3.63) is 0 Å². The normalized spacial score (nSPS) is 34.9. The third kappa shape index (κ3) is 1.76. The van der Waals surface area contributed by atoms with Crippen LogP contribution in [0.15, 0.2) is 0 Å². The molecule has 0 bridgehead atoms. The van der Waals surface area contributed by atoms with Crippen LogP contribution in [-0.2, 0) is 14.4 Å². The van der Waals surface area contributed by atoms with Crippen LogP contribution in [0, 0.1) is 5.92 Å². The first-order chi connectivity index (χ1) is 7.06. The second-order valence-electron chi connectivity index (χ2n) is 4.90. The smallest absolute Gasteiger partial charge is 0.313 e. The van der Waals surface area contributed by atoms with Crippen molar-refractivity contribution >= 4 is 5.97 Å². The number of ether oxygens (including phenoxy) is 1. The molecule has 0 aromatic rings. The van der Waals surface area contributed by atoms with Crippen LogP contribution in [0.4, 0.5) is 0 Å². The number of carbonyl (C=O) groups excluding carboxylic acids is 1. The molecular formula is C11H19NO3. The van der Waals surface area contributed by atoms with Gasteiger partial charge in [-0.1, -0.05) is 6.42 Å². The highest BCUT2D eigenvalue weighted by Gasteiger charge is 2.53. The number of nitrogens with zero attached hydrogens (tertiary/aromatic N) is 1. The van der Waals surface area contributed by atoms with Crippen molar-refractivity contribution in [3.8, 4) is 0 Å². The Balaban J connectivity index is 2.21. The molecule has 0 saturated carbocycles. The Bertz CT molecular complexity index is 265. The predicted molar refractivity (Wildman–Crippen MR) is 55.0 cm³/mol. The Morgan fingerprint density at radius 3 is 2.87 bits per heavy atom. The maximum atomic E-state index is 11.8. The molecular weight excluding hydrogens is 194 g/mol. The van der Waals surface area contributed by atoms with E-state index in [-0.39, 0.29) is 17.9 Å². The van der Waals surface area contributed by atoms with Crippen molar-refractivity contribution < 1.29 is 14.4 Å². The van der Waals surface area contributed by atoms with Crippen molar-refractivity contribution in [3.63, 3.8) is 0 Å². The van der Waals surface area contributed by atoms with E-state index in [1.807, 2.05) is 18.9 Å². The first kappa shape index (κ1) is 10.9. The number of hydrogen-bond donors (Lipinski definition) is 0. The molecule has 2 atom stereocenters. The van der Waals surface area contributed by atoms with Gasteiger partial charge in [0.05, 0.1) is 18.8 Å². The van der Waals surface area contributed by atoms with Crippen LogP contribution in [0.3, 0.4) is 0 Å². The maximum Gasteiger partial charge on any atom is 0.313 e. The first-order valence-electron chi connectivity index (χ1n) is 5.60. The van der Waals surface area contributed by atoms with Crippen molar-refractivity contribution in [2.75, 3.05) is 13.7 Å². The van der Waals surface area contributed by atoms with Gasteiger partial charge in [-0.25, -0.2) is 0 Å². The molecule has 0 aliphatic carbocycles. The number of carbonyl (C=O) groups is 1. The number of piperidine rings is 1. The van der Waals surface area contributed by atoms with Crippen LogP contribution in [0.25, 0.3) is 0 Å². The van der Waals surface area contributed by atoms with Crippen LogP contribution in [-0.4, -0.2) is 36.3 Å². The number of methoxy groups -OCH3 is 1. The van der Waals surface area contributed by atoms with E-state index < -0.39 is 5.60 Å². The summed E-state index contributed by atoms with van der Waals surface area (Å²) in [6.45, 7) is 4.86. The highest BCUT2D eigenvalue weighted by atomic mass is 16.7. The molecule has 0 unspecified atom stereocenters. The molecule has 4 heteroatoms. The van der Waals surface area contributed by atoms with Crippen LogP contribution in [0.2, 0.25) is 0 Å².